The van der Waals surface area contributed by atoms with Crippen LogP contribution in [0.25, 0.3) is 0 Å². The standard InChI is InChI=1S/C25H24ClNO3/c1-29-20-12-13-22-17(14-20)7-5-11-24(22)27-25(28)18-8-4-9-21(15-18)30-16-19-6-2-3-10-23(19)26/h2-4,6,8-10,12-15,24H,5,7,11,16H2,1H3,(H,27,28). The molecule has 3 aromatic carbocycles. The highest BCUT2D eigenvalue weighted by Crippen LogP contribution is 2.32. The van der Waals surface area contributed by atoms with E-state index in [-0.39, 0.29) is 11.9 Å². The van der Waals surface area contributed by atoms with Crippen molar-refractivity contribution in [3.8, 4) is 11.5 Å². The van der Waals surface area contributed by atoms with Gasteiger partial charge in [-0.15, -0.1) is 0 Å². The fourth-order valence-electron chi connectivity index (χ4n) is 3.81. The summed E-state index contributed by atoms with van der Waals surface area (Å²) in [7, 11) is 1.67. The van der Waals surface area contributed by atoms with Gasteiger partial charge in [0.2, 0.25) is 0 Å². The Morgan fingerprint density at radius 1 is 1.07 bits per heavy atom. The molecule has 4 rings (SSSR count). The molecule has 0 saturated heterocycles. The quantitative estimate of drug-likeness (QED) is 0.552. The molecular formula is C25H24ClNO3. The number of hydrogen-bond acceptors (Lipinski definition) is 3. The van der Waals surface area contributed by atoms with Crippen LogP contribution in [0.3, 0.4) is 0 Å². The first-order valence-corrected chi connectivity index (χ1v) is 10.5. The average Bonchev–Trinajstić information content (AvgIpc) is 2.78. The van der Waals surface area contributed by atoms with Gasteiger partial charge in [-0.1, -0.05) is 41.9 Å². The lowest BCUT2D eigenvalue weighted by molar-refractivity contribution is 0.0932. The van der Waals surface area contributed by atoms with Crippen molar-refractivity contribution in [1.82, 2.24) is 5.32 Å². The first-order chi connectivity index (χ1) is 14.6. The van der Waals surface area contributed by atoms with Crippen molar-refractivity contribution in [1.29, 1.82) is 0 Å². The molecule has 0 bridgehead atoms. The number of amides is 1. The highest BCUT2D eigenvalue weighted by Gasteiger charge is 2.23. The number of rotatable bonds is 6. The Labute approximate surface area is 181 Å². The summed E-state index contributed by atoms with van der Waals surface area (Å²) in [5, 5.41) is 3.85. The van der Waals surface area contributed by atoms with Crippen LogP contribution < -0.4 is 14.8 Å². The smallest absolute Gasteiger partial charge is 0.251 e. The number of carbonyl (C=O) groups is 1. The van der Waals surface area contributed by atoms with Crippen molar-refractivity contribution < 1.29 is 14.3 Å². The second-order valence-electron chi connectivity index (χ2n) is 7.39. The molecule has 30 heavy (non-hydrogen) atoms. The van der Waals surface area contributed by atoms with E-state index in [1.807, 2.05) is 42.5 Å². The largest absolute Gasteiger partial charge is 0.497 e. The van der Waals surface area contributed by atoms with Crippen LogP contribution in [0.1, 0.15) is 45.9 Å². The van der Waals surface area contributed by atoms with Gasteiger partial charge in [0.1, 0.15) is 18.1 Å². The summed E-state index contributed by atoms with van der Waals surface area (Å²) in [5.74, 6) is 1.38. The molecule has 1 aliphatic rings. The fraction of sp³-hybridized carbons (Fsp3) is 0.240. The number of fused-ring (bicyclic) bond motifs is 1. The van der Waals surface area contributed by atoms with Gasteiger partial charge >= 0.3 is 0 Å². The summed E-state index contributed by atoms with van der Waals surface area (Å²) in [5.41, 5.74) is 3.89. The third kappa shape index (κ3) is 4.60. The Hall–Kier alpha value is -2.98. The molecule has 3 aromatic rings. The van der Waals surface area contributed by atoms with E-state index in [0.29, 0.717) is 22.9 Å². The van der Waals surface area contributed by atoms with Crippen LogP contribution in [-0.4, -0.2) is 13.0 Å². The number of methoxy groups -OCH3 is 1. The predicted octanol–water partition coefficient (Wildman–Crippen LogP) is 5.74. The molecule has 0 saturated carbocycles. The molecule has 0 fully saturated rings. The highest BCUT2D eigenvalue weighted by atomic mass is 35.5. The van der Waals surface area contributed by atoms with Crippen LogP contribution in [-0.2, 0) is 13.0 Å². The Morgan fingerprint density at radius 2 is 1.93 bits per heavy atom. The van der Waals surface area contributed by atoms with Gasteiger partial charge in [-0.25, -0.2) is 0 Å². The number of ether oxygens (including phenoxy) is 2. The summed E-state index contributed by atoms with van der Waals surface area (Å²) in [4.78, 5) is 12.9. The molecular weight excluding hydrogens is 398 g/mol. The third-order valence-electron chi connectivity index (χ3n) is 5.42. The van der Waals surface area contributed by atoms with Gasteiger partial charge < -0.3 is 14.8 Å². The highest BCUT2D eigenvalue weighted by molar-refractivity contribution is 6.31. The fourth-order valence-corrected chi connectivity index (χ4v) is 4.00. The van der Waals surface area contributed by atoms with E-state index in [1.165, 1.54) is 11.1 Å². The summed E-state index contributed by atoms with van der Waals surface area (Å²) >= 11 is 6.19. The van der Waals surface area contributed by atoms with Crippen LogP contribution >= 0.6 is 11.6 Å². The van der Waals surface area contributed by atoms with Gasteiger partial charge in [-0.2, -0.15) is 0 Å². The molecule has 5 heteroatoms. The first kappa shape index (κ1) is 20.3. The van der Waals surface area contributed by atoms with E-state index in [2.05, 4.69) is 17.4 Å². The Kier molecular flexibility index (Phi) is 6.24. The summed E-state index contributed by atoms with van der Waals surface area (Å²) in [6.45, 7) is 0.350. The maximum absolute atomic E-state index is 12.9. The van der Waals surface area contributed by atoms with E-state index < -0.39 is 0 Å². The Morgan fingerprint density at radius 3 is 2.77 bits per heavy atom. The molecule has 1 aliphatic carbocycles. The number of halogens is 1. The number of benzene rings is 3. The normalized spacial score (nSPS) is 15.2. The zero-order valence-electron chi connectivity index (χ0n) is 16.9. The van der Waals surface area contributed by atoms with E-state index in [0.717, 1.165) is 30.6 Å². The van der Waals surface area contributed by atoms with E-state index >= 15 is 0 Å². The monoisotopic (exact) mass is 421 g/mol. The predicted molar refractivity (Wildman–Crippen MR) is 118 cm³/mol. The first-order valence-electron chi connectivity index (χ1n) is 10.1. The molecule has 0 aromatic heterocycles. The molecule has 1 N–H and O–H groups in total. The number of hydrogen-bond donors (Lipinski definition) is 1. The van der Waals surface area contributed by atoms with Crippen LogP contribution in [0, 0.1) is 0 Å². The van der Waals surface area contributed by atoms with Crippen molar-refractivity contribution in [2.75, 3.05) is 7.11 Å². The van der Waals surface area contributed by atoms with Crippen molar-refractivity contribution in [2.45, 2.75) is 31.9 Å². The van der Waals surface area contributed by atoms with Gasteiger partial charge in [0, 0.05) is 16.1 Å². The van der Waals surface area contributed by atoms with Crippen molar-refractivity contribution in [3.05, 3.63) is 94.0 Å². The minimum Gasteiger partial charge on any atom is -0.497 e. The lowest BCUT2D eigenvalue weighted by Crippen LogP contribution is -2.31. The summed E-state index contributed by atoms with van der Waals surface area (Å²) in [6, 6.07) is 20.9. The minimum absolute atomic E-state index is 0.000133. The topological polar surface area (TPSA) is 47.6 Å². The number of aryl methyl sites for hydroxylation is 1. The van der Waals surface area contributed by atoms with Gasteiger partial charge in [-0.3, -0.25) is 4.79 Å². The second-order valence-corrected chi connectivity index (χ2v) is 7.80. The molecule has 0 aliphatic heterocycles. The van der Waals surface area contributed by atoms with E-state index in [1.54, 1.807) is 19.2 Å². The van der Waals surface area contributed by atoms with E-state index in [9.17, 15) is 4.79 Å². The minimum atomic E-state index is -0.105. The van der Waals surface area contributed by atoms with Crippen molar-refractivity contribution in [2.24, 2.45) is 0 Å². The Bertz CT molecular complexity index is 1050. The maximum Gasteiger partial charge on any atom is 0.251 e. The molecule has 0 spiro atoms. The van der Waals surface area contributed by atoms with Gasteiger partial charge in [0.15, 0.2) is 0 Å². The lowest BCUT2D eigenvalue weighted by atomic mass is 9.87. The molecule has 1 unspecified atom stereocenters. The van der Waals surface area contributed by atoms with Crippen LogP contribution in [0.5, 0.6) is 11.5 Å². The zero-order chi connectivity index (χ0) is 20.9. The molecule has 4 nitrogen and oxygen atoms in total. The van der Waals surface area contributed by atoms with Gasteiger partial charge in [-0.05, 0) is 66.8 Å². The molecule has 0 radical (unpaired) electrons. The SMILES string of the molecule is COc1ccc2c(c1)CCCC2NC(=O)c1cccc(OCc2ccccc2Cl)c1. The van der Waals surface area contributed by atoms with Gasteiger partial charge in [0.25, 0.3) is 5.91 Å². The van der Waals surface area contributed by atoms with Gasteiger partial charge in [0.05, 0.1) is 13.2 Å². The lowest BCUT2D eigenvalue weighted by Gasteiger charge is -2.27. The van der Waals surface area contributed by atoms with Crippen molar-refractivity contribution >= 4 is 17.5 Å². The molecule has 0 heterocycles. The molecule has 1 amide bonds. The average molecular weight is 422 g/mol. The van der Waals surface area contributed by atoms with Crippen LogP contribution in [0.4, 0.5) is 0 Å². The zero-order valence-corrected chi connectivity index (χ0v) is 17.6. The van der Waals surface area contributed by atoms with Crippen LogP contribution in [0.15, 0.2) is 66.7 Å². The number of nitrogens with one attached hydrogen (secondary N) is 1. The van der Waals surface area contributed by atoms with Crippen LogP contribution in [0.2, 0.25) is 5.02 Å². The van der Waals surface area contributed by atoms with Crippen molar-refractivity contribution in [3.63, 3.8) is 0 Å². The maximum atomic E-state index is 12.9. The molecule has 154 valence electrons. The third-order valence-corrected chi connectivity index (χ3v) is 5.79. The van der Waals surface area contributed by atoms with E-state index in [4.69, 9.17) is 21.1 Å². The summed E-state index contributed by atoms with van der Waals surface area (Å²) < 4.78 is 11.2. The molecule has 1 atom stereocenters. The Balaban J connectivity index is 1.45. The summed E-state index contributed by atoms with van der Waals surface area (Å²) in [6.07, 6.45) is 2.96. The number of carbonyl (C=O) groups excluding carboxylic acids is 1. The second kappa shape index (κ2) is 9.23.